The van der Waals surface area contributed by atoms with Crippen LogP contribution in [-0.4, -0.2) is 20.9 Å². The minimum atomic E-state index is -4.75. The number of anilines is 2. The summed E-state index contributed by atoms with van der Waals surface area (Å²) in [6, 6.07) is 3.19. The lowest BCUT2D eigenvalue weighted by atomic mass is 10.1. The number of aryl methyl sites for hydroxylation is 1. The van der Waals surface area contributed by atoms with E-state index >= 15 is 0 Å². The standard InChI is InChI=1S/C16H11F5N2O3S/c1-8-4-11(18)14(6-10(8)17)27(25,26)23-7-15(24)22-12-5-9(16(19,20)21)2-3-13(12)23/h2-6H,7H2,1H3,(H,22,24). The van der Waals surface area contributed by atoms with Crippen molar-refractivity contribution in [1.29, 1.82) is 0 Å². The van der Waals surface area contributed by atoms with Crippen LogP contribution in [0.1, 0.15) is 11.1 Å². The van der Waals surface area contributed by atoms with Crippen LogP contribution in [0.3, 0.4) is 0 Å². The molecule has 1 amide bonds. The lowest BCUT2D eigenvalue weighted by Crippen LogP contribution is -2.42. The van der Waals surface area contributed by atoms with Crippen LogP contribution in [0.15, 0.2) is 35.2 Å². The molecule has 2 aromatic carbocycles. The van der Waals surface area contributed by atoms with Crippen molar-refractivity contribution < 1.29 is 35.2 Å². The van der Waals surface area contributed by atoms with Crippen molar-refractivity contribution >= 4 is 27.3 Å². The van der Waals surface area contributed by atoms with Gasteiger partial charge in [0.2, 0.25) is 5.91 Å². The third kappa shape index (κ3) is 3.34. The van der Waals surface area contributed by atoms with Gasteiger partial charge >= 0.3 is 6.18 Å². The summed E-state index contributed by atoms with van der Waals surface area (Å²) < 4.78 is 92.5. The molecule has 0 unspecified atom stereocenters. The molecule has 0 fully saturated rings. The Morgan fingerprint density at radius 2 is 1.74 bits per heavy atom. The zero-order chi connectivity index (χ0) is 20.1. The van der Waals surface area contributed by atoms with Crippen molar-refractivity contribution in [3.63, 3.8) is 0 Å². The highest BCUT2D eigenvalue weighted by atomic mass is 32.2. The normalized spacial score (nSPS) is 14.7. The van der Waals surface area contributed by atoms with Gasteiger partial charge in [-0.15, -0.1) is 0 Å². The second-order valence-electron chi connectivity index (χ2n) is 5.82. The van der Waals surface area contributed by atoms with E-state index < -0.39 is 56.4 Å². The van der Waals surface area contributed by atoms with Gasteiger partial charge in [0, 0.05) is 0 Å². The lowest BCUT2D eigenvalue weighted by molar-refractivity contribution is -0.137. The van der Waals surface area contributed by atoms with Gasteiger partial charge in [-0.3, -0.25) is 9.10 Å². The number of fused-ring (bicyclic) bond motifs is 1. The van der Waals surface area contributed by atoms with Gasteiger partial charge in [0.1, 0.15) is 23.1 Å². The van der Waals surface area contributed by atoms with Crippen molar-refractivity contribution in [2.45, 2.75) is 18.0 Å². The first-order valence-electron chi connectivity index (χ1n) is 7.41. The van der Waals surface area contributed by atoms with Crippen molar-refractivity contribution in [3.05, 3.63) is 53.1 Å². The number of benzene rings is 2. The van der Waals surface area contributed by atoms with Crippen LogP contribution < -0.4 is 9.62 Å². The molecule has 0 saturated carbocycles. The summed E-state index contributed by atoms with van der Waals surface area (Å²) in [7, 11) is -4.75. The maximum absolute atomic E-state index is 14.2. The Morgan fingerprint density at radius 1 is 1.07 bits per heavy atom. The van der Waals surface area contributed by atoms with Crippen molar-refractivity contribution in [2.24, 2.45) is 0 Å². The Balaban J connectivity index is 2.16. The minimum absolute atomic E-state index is 0.127. The zero-order valence-electron chi connectivity index (χ0n) is 13.6. The molecular weight excluding hydrogens is 395 g/mol. The van der Waals surface area contributed by atoms with Gasteiger partial charge in [-0.05, 0) is 42.8 Å². The van der Waals surface area contributed by atoms with E-state index in [2.05, 4.69) is 5.32 Å². The molecule has 0 bridgehead atoms. The molecule has 0 radical (unpaired) electrons. The minimum Gasteiger partial charge on any atom is -0.323 e. The first-order chi connectivity index (χ1) is 12.4. The van der Waals surface area contributed by atoms with Crippen molar-refractivity contribution in [2.75, 3.05) is 16.2 Å². The van der Waals surface area contributed by atoms with Crippen LogP contribution >= 0.6 is 0 Å². The van der Waals surface area contributed by atoms with Crippen LogP contribution in [0.2, 0.25) is 0 Å². The Kier molecular flexibility index (Phi) is 4.37. The molecule has 0 aromatic heterocycles. The second-order valence-corrected chi connectivity index (χ2v) is 7.65. The third-order valence-corrected chi connectivity index (χ3v) is 5.71. The van der Waals surface area contributed by atoms with Crippen molar-refractivity contribution in [1.82, 2.24) is 0 Å². The number of sulfonamides is 1. The Morgan fingerprint density at radius 3 is 2.37 bits per heavy atom. The number of alkyl halides is 3. The number of rotatable bonds is 2. The van der Waals surface area contributed by atoms with E-state index in [0.717, 1.165) is 6.07 Å². The van der Waals surface area contributed by atoms with Crippen LogP contribution in [0, 0.1) is 18.6 Å². The lowest BCUT2D eigenvalue weighted by Gasteiger charge is -2.30. The van der Waals surface area contributed by atoms with Crippen molar-refractivity contribution in [3.8, 4) is 0 Å². The second kappa shape index (κ2) is 6.19. The summed E-state index contributed by atoms with van der Waals surface area (Å²) in [5.41, 5.74) is -1.92. The zero-order valence-corrected chi connectivity index (χ0v) is 14.4. The van der Waals surface area contributed by atoms with Crippen LogP contribution in [0.25, 0.3) is 0 Å². The van der Waals surface area contributed by atoms with Gasteiger partial charge in [0.15, 0.2) is 0 Å². The molecule has 0 aliphatic carbocycles. The van der Waals surface area contributed by atoms with Gasteiger partial charge in [-0.1, -0.05) is 0 Å². The number of carbonyl (C=O) groups is 1. The fourth-order valence-corrected chi connectivity index (χ4v) is 4.09. The molecule has 1 aliphatic heterocycles. The first-order valence-corrected chi connectivity index (χ1v) is 8.85. The number of hydrogen-bond acceptors (Lipinski definition) is 3. The SMILES string of the molecule is Cc1cc(F)c(S(=O)(=O)N2CC(=O)Nc3cc(C(F)(F)F)ccc32)cc1F. The molecule has 0 saturated heterocycles. The van der Waals surface area contributed by atoms with Gasteiger partial charge in [0.25, 0.3) is 10.0 Å². The average molecular weight is 406 g/mol. The topological polar surface area (TPSA) is 66.5 Å². The van der Waals surface area contributed by atoms with Crippen LogP contribution in [-0.2, 0) is 21.0 Å². The molecule has 1 heterocycles. The third-order valence-electron chi connectivity index (χ3n) is 3.94. The number of nitrogens with one attached hydrogen (secondary N) is 1. The molecule has 5 nitrogen and oxygen atoms in total. The van der Waals surface area contributed by atoms with E-state index in [-0.39, 0.29) is 11.3 Å². The highest BCUT2D eigenvalue weighted by Gasteiger charge is 2.37. The van der Waals surface area contributed by atoms with Gasteiger partial charge in [-0.25, -0.2) is 17.2 Å². The summed E-state index contributed by atoms with van der Waals surface area (Å²) in [5.74, 6) is -3.14. The fourth-order valence-electron chi connectivity index (χ4n) is 2.59. The summed E-state index contributed by atoms with van der Waals surface area (Å²) in [5, 5.41) is 2.15. The fraction of sp³-hybridized carbons (Fsp3) is 0.188. The molecule has 2 aromatic rings. The summed E-state index contributed by atoms with van der Waals surface area (Å²) >= 11 is 0. The smallest absolute Gasteiger partial charge is 0.323 e. The van der Waals surface area contributed by atoms with E-state index in [1.807, 2.05) is 0 Å². The predicted octanol–water partition coefficient (Wildman–Crippen LogP) is 3.44. The van der Waals surface area contributed by atoms with Gasteiger partial charge in [0.05, 0.1) is 16.9 Å². The molecule has 1 N–H and O–H groups in total. The maximum atomic E-state index is 14.2. The average Bonchev–Trinajstić information content (AvgIpc) is 2.55. The molecular formula is C16H11F5N2O3S. The Bertz CT molecular complexity index is 1050. The van der Waals surface area contributed by atoms with E-state index in [1.54, 1.807) is 0 Å². The molecule has 3 rings (SSSR count). The van der Waals surface area contributed by atoms with Crippen LogP contribution in [0.5, 0.6) is 0 Å². The Labute approximate surface area is 150 Å². The van der Waals surface area contributed by atoms with E-state index in [4.69, 9.17) is 0 Å². The number of amides is 1. The summed E-state index contributed by atoms with van der Waals surface area (Å²) in [4.78, 5) is 10.8. The van der Waals surface area contributed by atoms with E-state index in [0.29, 0.717) is 28.6 Å². The molecule has 1 aliphatic rings. The molecule has 27 heavy (non-hydrogen) atoms. The number of carbonyl (C=O) groups excluding carboxylic acids is 1. The number of hydrogen-bond donors (Lipinski definition) is 1. The molecule has 0 atom stereocenters. The largest absolute Gasteiger partial charge is 0.416 e. The highest BCUT2D eigenvalue weighted by molar-refractivity contribution is 7.93. The van der Waals surface area contributed by atoms with Gasteiger partial charge < -0.3 is 5.32 Å². The van der Waals surface area contributed by atoms with Gasteiger partial charge in [-0.2, -0.15) is 13.2 Å². The first kappa shape index (κ1) is 19.1. The Hall–Kier alpha value is -2.69. The molecule has 11 heteroatoms. The number of nitrogens with zero attached hydrogens (tertiary/aromatic N) is 1. The molecule has 0 spiro atoms. The molecule has 144 valence electrons. The number of halogens is 5. The monoisotopic (exact) mass is 406 g/mol. The predicted molar refractivity (Wildman–Crippen MR) is 85.7 cm³/mol. The summed E-state index contributed by atoms with van der Waals surface area (Å²) in [6.45, 7) is 0.437. The maximum Gasteiger partial charge on any atom is 0.416 e. The van der Waals surface area contributed by atoms with Crippen LogP contribution in [0.4, 0.5) is 33.3 Å². The summed E-state index contributed by atoms with van der Waals surface area (Å²) in [6.07, 6.45) is -4.72. The highest BCUT2D eigenvalue weighted by Crippen LogP contribution is 2.39. The quantitative estimate of drug-likeness (QED) is 0.777. The van der Waals surface area contributed by atoms with E-state index in [1.165, 1.54) is 6.92 Å². The van der Waals surface area contributed by atoms with E-state index in [9.17, 15) is 35.2 Å².